The fourth-order valence-corrected chi connectivity index (χ4v) is 2.59. The Labute approximate surface area is 112 Å². The molecule has 0 unspecified atom stereocenters. The minimum Gasteiger partial charge on any atom is -0.355 e. The molecular formula is C13H20N2O2S. The molecule has 0 spiro atoms. The second-order valence-corrected chi connectivity index (χ2v) is 5.38. The van der Waals surface area contributed by atoms with Crippen LogP contribution in [0, 0.1) is 13.8 Å². The molecule has 1 heterocycles. The van der Waals surface area contributed by atoms with Gasteiger partial charge in [0.2, 0.25) is 5.91 Å². The molecule has 1 rings (SSSR count). The summed E-state index contributed by atoms with van der Waals surface area (Å²) in [7, 11) is 0. The van der Waals surface area contributed by atoms with E-state index in [-0.39, 0.29) is 18.4 Å². The summed E-state index contributed by atoms with van der Waals surface area (Å²) in [6, 6.07) is 1.89. The second kappa shape index (κ2) is 6.54. The van der Waals surface area contributed by atoms with Crippen molar-refractivity contribution >= 4 is 23.2 Å². The van der Waals surface area contributed by atoms with Crippen LogP contribution in [0.25, 0.3) is 0 Å². The zero-order chi connectivity index (χ0) is 13.7. The van der Waals surface area contributed by atoms with Gasteiger partial charge in [-0.2, -0.15) is 0 Å². The Morgan fingerprint density at radius 2 is 2.00 bits per heavy atom. The molecule has 18 heavy (non-hydrogen) atoms. The number of nitrogens with zero attached hydrogens (tertiary/aromatic N) is 1. The third-order valence-electron chi connectivity index (χ3n) is 2.75. The molecule has 0 aromatic carbocycles. The number of nitrogens with one attached hydrogen (secondary N) is 1. The maximum atomic E-state index is 12.2. The van der Waals surface area contributed by atoms with Crippen LogP contribution in [-0.2, 0) is 4.79 Å². The van der Waals surface area contributed by atoms with Gasteiger partial charge in [0, 0.05) is 18.0 Å². The van der Waals surface area contributed by atoms with E-state index in [0.29, 0.717) is 18.0 Å². The Bertz CT molecular complexity index is 421. The summed E-state index contributed by atoms with van der Waals surface area (Å²) in [6.07, 6.45) is 0. The second-order valence-electron chi connectivity index (χ2n) is 4.12. The smallest absolute Gasteiger partial charge is 0.264 e. The van der Waals surface area contributed by atoms with Crippen molar-refractivity contribution in [2.24, 2.45) is 0 Å². The minimum atomic E-state index is -0.113. The van der Waals surface area contributed by atoms with Crippen LogP contribution in [0.3, 0.4) is 0 Å². The number of rotatable bonds is 5. The van der Waals surface area contributed by atoms with Gasteiger partial charge in [0.15, 0.2) is 0 Å². The summed E-state index contributed by atoms with van der Waals surface area (Å²) >= 11 is 1.48. The fourth-order valence-electron chi connectivity index (χ4n) is 1.59. The van der Waals surface area contributed by atoms with Crippen molar-refractivity contribution in [3.05, 3.63) is 21.4 Å². The summed E-state index contributed by atoms with van der Waals surface area (Å²) < 4.78 is 0. The number of amides is 2. The van der Waals surface area contributed by atoms with Gasteiger partial charge in [0.25, 0.3) is 5.91 Å². The molecule has 4 nitrogen and oxygen atoms in total. The zero-order valence-electron chi connectivity index (χ0n) is 11.4. The van der Waals surface area contributed by atoms with Crippen molar-refractivity contribution in [2.45, 2.75) is 27.7 Å². The molecule has 1 aromatic heterocycles. The van der Waals surface area contributed by atoms with Gasteiger partial charge < -0.3 is 10.2 Å². The number of hydrogen-bond acceptors (Lipinski definition) is 3. The minimum absolute atomic E-state index is 0.0649. The van der Waals surface area contributed by atoms with Crippen LogP contribution in [0.2, 0.25) is 0 Å². The van der Waals surface area contributed by atoms with Crippen molar-refractivity contribution in [1.82, 2.24) is 10.2 Å². The molecule has 0 atom stereocenters. The molecule has 1 aromatic rings. The number of carbonyl (C=O) groups is 2. The average Bonchev–Trinajstić information content (AvgIpc) is 2.66. The van der Waals surface area contributed by atoms with Crippen LogP contribution in [0.1, 0.15) is 34.0 Å². The van der Waals surface area contributed by atoms with E-state index in [1.807, 2.05) is 33.8 Å². The lowest BCUT2D eigenvalue weighted by Gasteiger charge is -2.19. The molecule has 0 radical (unpaired) electrons. The molecular weight excluding hydrogens is 248 g/mol. The first-order valence-corrected chi connectivity index (χ1v) is 6.94. The van der Waals surface area contributed by atoms with Gasteiger partial charge in [-0.1, -0.05) is 0 Å². The van der Waals surface area contributed by atoms with Crippen LogP contribution in [0.5, 0.6) is 0 Å². The molecule has 0 aliphatic rings. The topological polar surface area (TPSA) is 49.4 Å². The lowest BCUT2D eigenvalue weighted by atomic mass is 10.2. The summed E-state index contributed by atoms with van der Waals surface area (Å²) in [5, 5.41) is 2.70. The maximum Gasteiger partial charge on any atom is 0.264 e. The van der Waals surface area contributed by atoms with Gasteiger partial charge in [-0.15, -0.1) is 11.3 Å². The van der Waals surface area contributed by atoms with E-state index < -0.39 is 0 Å². The number of likely N-dealkylation sites (N-methyl/N-ethyl adjacent to an activating group) is 2. The third kappa shape index (κ3) is 3.57. The summed E-state index contributed by atoms with van der Waals surface area (Å²) in [4.78, 5) is 27.2. The van der Waals surface area contributed by atoms with Gasteiger partial charge in [-0.05, 0) is 39.3 Å². The first-order chi connectivity index (χ1) is 8.49. The molecule has 0 bridgehead atoms. The Hall–Kier alpha value is -1.36. The lowest BCUT2D eigenvalue weighted by molar-refractivity contribution is -0.121. The van der Waals surface area contributed by atoms with E-state index in [1.165, 1.54) is 11.3 Å². The highest BCUT2D eigenvalue weighted by atomic mass is 32.1. The molecule has 0 saturated carbocycles. The summed E-state index contributed by atoms with van der Waals surface area (Å²) in [5.74, 6) is -0.178. The summed E-state index contributed by atoms with van der Waals surface area (Å²) in [5.41, 5.74) is 1.12. The molecule has 1 N–H and O–H groups in total. The molecule has 100 valence electrons. The highest BCUT2D eigenvalue weighted by molar-refractivity contribution is 7.14. The van der Waals surface area contributed by atoms with E-state index >= 15 is 0 Å². The SMILES string of the molecule is CCNC(=O)CN(CC)C(=O)c1cc(C)c(C)s1. The van der Waals surface area contributed by atoms with Crippen LogP contribution in [0.4, 0.5) is 0 Å². The first-order valence-electron chi connectivity index (χ1n) is 6.12. The number of aryl methyl sites for hydroxylation is 2. The molecule has 5 heteroatoms. The molecule has 0 aliphatic carbocycles. The van der Waals surface area contributed by atoms with Crippen LogP contribution >= 0.6 is 11.3 Å². The van der Waals surface area contributed by atoms with Crippen molar-refractivity contribution in [2.75, 3.05) is 19.6 Å². The van der Waals surface area contributed by atoms with E-state index in [9.17, 15) is 9.59 Å². The largest absolute Gasteiger partial charge is 0.355 e. The van der Waals surface area contributed by atoms with E-state index in [2.05, 4.69) is 5.32 Å². The fraction of sp³-hybridized carbons (Fsp3) is 0.538. The molecule has 0 fully saturated rings. The van der Waals surface area contributed by atoms with Crippen LogP contribution in [0.15, 0.2) is 6.07 Å². The van der Waals surface area contributed by atoms with Gasteiger partial charge in [-0.3, -0.25) is 9.59 Å². The monoisotopic (exact) mass is 268 g/mol. The predicted octanol–water partition coefficient (Wildman–Crippen LogP) is 1.96. The molecule has 0 saturated heterocycles. The van der Waals surface area contributed by atoms with E-state index in [0.717, 1.165) is 10.4 Å². The third-order valence-corrected chi connectivity index (χ3v) is 3.89. The van der Waals surface area contributed by atoms with E-state index in [4.69, 9.17) is 0 Å². The van der Waals surface area contributed by atoms with Gasteiger partial charge >= 0.3 is 0 Å². The number of carbonyl (C=O) groups excluding carboxylic acids is 2. The van der Waals surface area contributed by atoms with Crippen molar-refractivity contribution in [3.8, 4) is 0 Å². The van der Waals surface area contributed by atoms with E-state index in [1.54, 1.807) is 4.90 Å². The standard InChI is InChI=1S/C13H20N2O2S/c1-5-14-12(16)8-15(6-2)13(17)11-7-9(3)10(4)18-11/h7H,5-6,8H2,1-4H3,(H,14,16). The lowest BCUT2D eigenvalue weighted by Crippen LogP contribution is -2.40. The zero-order valence-corrected chi connectivity index (χ0v) is 12.2. The van der Waals surface area contributed by atoms with Crippen molar-refractivity contribution in [1.29, 1.82) is 0 Å². The van der Waals surface area contributed by atoms with Gasteiger partial charge in [0.05, 0.1) is 11.4 Å². The first kappa shape index (κ1) is 14.7. The molecule has 0 aliphatic heterocycles. The summed E-state index contributed by atoms with van der Waals surface area (Å²) in [6.45, 7) is 8.97. The Morgan fingerprint density at radius 3 is 2.44 bits per heavy atom. The highest BCUT2D eigenvalue weighted by Crippen LogP contribution is 2.21. The van der Waals surface area contributed by atoms with Gasteiger partial charge in [-0.25, -0.2) is 0 Å². The Morgan fingerprint density at radius 1 is 1.33 bits per heavy atom. The van der Waals surface area contributed by atoms with Crippen LogP contribution in [-0.4, -0.2) is 36.3 Å². The Balaban J connectivity index is 2.76. The molecule has 2 amide bonds. The van der Waals surface area contributed by atoms with Gasteiger partial charge in [0.1, 0.15) is 0 Å². The van der Waals surface area contributed by atoms with Crippen molar-refractivity contribution in [3.63, 3.8) is 0 Å². The quantitative estimate of drug-likeness (QED) is 0.887. The Kier molecular flexibility index (Phi) is 5.34. The number of thiophene rings is 1. The van der Waals surface area contributed by atoms with Crippen LogP contribution < -0.4 is 5.32 Å². The maximum absolute atomic E-state index is 12.2. The number of hydrogen-bond donors (Lipinski definition) is 1. The van der Waals surface area contributed by atoms with Crippen molar-refractivity contribution < 1.29 is 9.59 Å². The normalized spacial score (nSPS) is 10.2. The highest BCUT2D eigenvalue weighted by Gasteiger charge is 2.19. The predicted molar refractivity (Wildman–Crippen MR) is 74.1 cm³/mol. The average molecular weight is 268 g/mol.